The topological polar surface area (TPSA) is 63.3 Å². The summed E-state index contributed by atoms with van der Waals surface area (Å²) in [6, 6.07) is 19.1. The zero-order chi connectivity index (χ0) is 15.9. The third-order valence-electron chi connectivity index (χ3n) is 3.66. The summed E-state index contributed by atoms with van der Waals surface area (Å²) in [7, 11) is 0. The minimum Gasteiger partial charge on any atom is -0.478 e. The molecule has 0 aliphatic carbocycles. The third-order valence-corrected chi connectivity index (χ3v) is 3.66. The third kappa shape index (κ3) is 4.30. The number of carboxylic acids is 1. The molecule has 0 amide bonds. The van der Waals surface area contributed by atoms with Crippen molar-refractivity contribution < 1.29 is 9.90 Å². The summed E-state index contributed by atoms with van der Waals surface area (Å²) < 4.78 is 0. The van der Waals surface area contributed by atoms with Gasteiger partial charge < -0.3 is 10.8 Å². The number of carbonyl (C=O) groups is 1. The van der Waals surface area contributed by atoms with Gasteiger partial charge in [-0.2, -0.15) is 0 Å². The molecule has 0 aliphatic heterocycles. The van der Waals surface area contributed by atoms with Gasteiger partial charge in [-0.15, -0.1) is 0 Å². The summed E-state index contributed by atoms with van der Waals surface area (Å²) in [5.41, 5.74) is 9.28. The molecule has 0 saturated heterocycles. The van der Waals surface area contributed by atoms with E-state index in [2.05, 4.69) is 0 Å². The number of benzene rings is 2. The second kappa shape index (κ2) is 7.57. The van der Waals surface area contributed by atoms with Gasteiger partial charge in [-0.1, -0.05) is 60.7 Å². The maximum absolute atomic E-state index is 11.7. The van der Waals surface area contributed by atoms with E-state index in [4.69, 9.17) is 5.73 Å². The number of rotatable bonds is 6. The van der Waals surface area contributed by atoms with Gasteiger partial charge in [0, 0.05) is 18.0 Å². The minimum absolute atomic E-state index is 0.296. The maximum Gasteiger partial charge on any atom is 0.331 e. The van der Waals surface area contributed by atoms with Crippen molar-refractivity contribution in [3.63, 3.8) is 0 Å². The standard InChI is InChI=1S/C19H21NO2/c1-14(20)17(12-15-8-4-2-5-9-15)18(19(21)22)13-16-10-6-3-7-11-16/h2-11,14H,12-13,20H2,1H3,(H,21,22)/b18-17+. The molecule has 0 aliphatic rings. The molecule has 2 rings (SSSR count). The molecule has 0 saturated carbocycles. The van der Waals surface area contributed by atoms with E-state index < -0.39 is 5.97 Å². The molecule has 1 unspecified atom stereocenters. The highest BCUT2D eigenvalue weighted by atomic mass is 16.4. The van der Waals surface area contributed by atoms with Gasteiger partial charge in [-0.05, 0) is 30.0 Å². The first-order valence-corrected chi connectivity index (χ1v) is 7.36. The SMILES string of the molecule is CC(N)/C(Cc1ccccc1)=C(\Cc1ccccc1)C(=O)O. The Morgan fingerprint density at radius 3 is 1.82 bits per heavy atom. The van der Waals surface area contributed by atoms with Gasteiger partial charge in [0.15, 0.2) is 0 Å². The van der Waals surface area contributed by atoms with Crippen LogP contribution in [0.15, 0.2) is 71.8 Å². The fourth-order valence-electron chi connectivity index (χ4n) is 2.48. The molecular formula is C19H21NO2. The first-order valence-electron chi connectivity index (χ1n) is 7.36. The average molecular weight is 295 g/mol. The second-order valence-electron chi connectivity index (χ2n) is 5.42. The van der Waals surface area contributed by atoms with Gasteiger partial charge in [0.2, 0.25) is 0 Å². The number of carboxylic acid groups (broad SMARTS) is 1. The lowest BCUT2D eigenvalue weighted by atomic mass is 9.91. The maximum atomic E-state index is 11.7. The quantitative estimate of drug-likeness (QED) is 0.804. The fraction of sp³-hybridized carbons (Fsp3) is 0.211. The molecule has 2 aromatic carbocycles. The van der Waals surface area contributed by atoms with Crippen molar-refractivity contribution in [2.24, 2.45) is 5.73 Å². The Balaban J connectivity index is 2.37. The predicted octanol–water partition coefficient (Wildman–Crippen LogP) is 3.20. The Labute approximate surface area is 131 Å². The van der Waals surface area contributed by atoms with Gasteiger partial charge in [0.25, 0.3) is 0 Å². The van der Waals surface area contributed by atoms with Crippen LogP contribution < -0.4 is 5.73 Å². The highest BCUT2D eigenvalue weighted by Gasteiger charge is 2.18. The largest absolute Gasteiger partial charge is 0.478 e. The van der Waals surface area contributed by atoms with E-state index in [1.165, 1.54) is 0 Å². The van der Waals surface area contributed by atoms with E-state index in [1.807, 2.05) is 67.6 Å². The minimum atomic E-state index is -0.896. The molecule has 2 aromatic rings. The van der Waals surface area contributed by atoms with Crippen molar-refractivity contribution >= 4 is 5.97 Å². The van der Waals surface area contributed by atoms with E-state index in [9.17, 15) is 9.90 Å². The van der Waals surface area contributed by atoms with Gasteiger partial charge in [-0.3, -0.25) is 0 Å². The van der Waals surface area contributed by atoms with Crippen LogP contribution in [0.25, 0.3) is 0 Å². The van der Waals surface area contributed by atoms with Crippen molar-refractivity contribution in [1.82, 2.24) is 0 Å². The molecule has 3 N–H and O–H groups in total. The highest BCUT2D eigenvalue weighted by molar-refractivity contribution is 5.88. The lowest BCUT2D eigenvalue weighted by Gasteiger charge is -2.16. The number of nitrogens with two attached hydrogens (primary N) is 1. The lowest BCUT2D eigenvalue weighted by Crippen LogP contribution is -2.24. The molecule has 0 spiro atoms. The van der Waals surface area contributed by atoms with Crippen LogP contribution in [-0.4, -0.2) is 17.1 Å². The Morgan fingerprint density at radius 2 is 1.41 bits per heavy atom. The first kappa shape index (κ1) is 16.0. The predicted molar refractivity (Wildman–Crippen MR) is 88.6 cm³/mol. The van der Waals surface area contributed by atoms with Gasteiger partial charge >= 0.3 is 5.97 Å². The second-order valence-corrected chi connectivity index (χ2v) is 5.42. The first-order chi connectivity index (χ1) is 10.6. The number of aliphatic carboxylic acids is 1. The van der Waals surface area contributed by atoms with E-state index in [-0.39, 0.29) is 6.04 Å². The molecule has 0 radical (unpaired) electrons. The Kier molecular flexibility index (Phi) is 5.50. The zero-order valence-corrected chi connectivity index (χ0v) is 12.7. The molecule has 0 heterocycles. The molecule has 22 heavy (non-hydrogen) atoms. The van der Waals surface area contributed by atoms with Crippen molar-refractivity contribution in [1.29, 1.82) is 0 Å². The number of hydrogen-bond acceptors (Lipinski definition) is 2. The van der Waals surface area contributed by atoms with Crippen LogP contribution in [0.4, 0.5) is 0 Å². The monoisotopic (exact) mass is 295 g/mol. The van der Waals surface area contributed by atoms with Crippen LogP contribution >= 0.6 is 0 Å². The van der Waals surface area contributed by atoms with Crippen LogP contribution in [0.2, 0.25) is 0 Å². The molecule has 0 fully saturated rings. The zero-order valence-electron chi connectivity index (χ0n) is 12.7. The Bertz CT molecular complexity index is 646. The molecular weight excluding hydrogens is 274 g/mol. The molecule has 114 valence electrons. The summed E-state index contributed by atoms with van der Waals surface area (Å²) in [6.45, 7) is 1.84. The van der Waals surface area contributed by atoms with Crippen LogP contribution in [-0.2, 0) is 17.6 Å². The van der Waals surface area contributed by atoms with E-state index >= 15 is 0 Å². The van der Waals surface area contributed by atoms with Gasteiger partial charge in [-0.25, -0.2) is 4.79 Å². The van der Waals surface area contributed by atoms with Crippen LogP contribution in [0, 0.1) is 0 Å². The summed E-state index contributed by atoms with van der Waals surface area (Å²) in [4.78, 5) is 11.7. The lowest BCUT2D eigenvalue weighted by molar-refractivity contribution is -0.132. The van der Waals surface area contributed by atoms with Gasteiger partial charge in [0.05, 0.1) is 0 Å². The Morgan fingerprint density at radius 1 is 0.955 bits per heavy atom. The molecule has 0 bridgehead atoms. The molecule has 0 aromatic heterocycles. The summed E-state index contributed by atoms with van der Waals surface area (Å²) in [6.07, 6.45) is 0.951. The highest BCUT2D eigenvalue weighted by Crippen LogP contribution is 2.19. The van der Waals surface area contributed by atoms with Crippen LogP contribution in [0.3, 0.4) is 0 Å². The van der Waals surface area contributed by atoms with Crippen molar-refractivity contribution in [3.8, 4) is 0 Å². The molecule has 3 nitrogen and oxygen atoms in total. The smallest absolute Gasteiger partial charge is 0.331 e. The molecule has 1 atom stereocenters. The normalized spacial score (nSPS) is 13.4. The van der Waals surface area contributed by atoms with Crippen molar-refractivity contribution in [2.45, 2.75) is 25.8 Å². The van der Waals surface area contributed by atoms with E-state index in [1.54, 1.807) is 0 Å². The summed E-state index contributed by atoms with van der Waals surface area (Å²) in [5.74, 6) is -0.896. The molecule has 3 heteroatoms. The fourth-order valence-corrected chi connectivity index (χ4v) is 2.48. The van der Waals surface area contributed by atoms with Crippen molar-refractivity contribution in [2.75, 3.05) is 0 Å². The van der Waals surface area contributed by atoms with Crippen LogP contribution in [0.1, 0.15) is 18.1 Å². The number of hydrogen-bond donors (Lipinski definition) is 2. The van der Waals surface area contributed by atoms with Crippen LogP contribution in [0.5, 0.6) is 0 Å². The van der Waals surface area contributed by atoms with E-state index in [0.717, 1.165) is 16.7 Å². The van der Waals surface area contributed by atoms with Gasteiger partial charge in [0.1, 0.15) is 0 Å². The average Bonchev–Trinajstić information content (AvgIpc) is 2.52. The van der Waals surface area contributed by atoms with Crippen molar-refractivity contribution in [3.05, 3.63) is 82.9 Å². The Hall–Kier alpha value is -2.39. The summed E-state index contributed by atoms with van der Waals surface area (Å²) >= 11 is 0. The summed E-state index contributed by atoms with van der Waals surface area (Å²) in [5, 5.41) is 9.62. The van der Waals surface area contributed by atoms with E-state index in [0.29, 0.717) is 18.4 Å².